The van der Waals surface area contributed by atoms with E-state index < -0.39 is 5.97 Å². The Hall–Kier alpha value is -2.35. The van der Waals surface area contributed by atoms with Gasteiger partial charge in [-0.05, 0) is 23.6 Å². The van der Waals surface area contributed by atoms with Gasteiger partial charge in [0.2, 0.25) is 0 Å². The summed E-state index contributed by atoms with van der Waals surface area (Å²) < 4.78 is 0. The van der Waals surface area contributed by atoms with Crippen LogP contribution in [0.2, 0.25) is 0 Å². The van der Waals surface area contributed by atoms with E-state index >= 15 is 0 Å². The van der Waals surface area contributed by atoms with Crippen LogP contribution < -0.4 is 0 Å². The molecule has 1 N–H and O–H groups in total. The second kappa shape index (κ2) is 6.01. The highest BCUT2D eigenvalue weighted by Crippen LogP contribution is 2.24. The first kappa shape index (κ1) is 13.1. The summed E-state index contributed by atoms with van der Waals surface area (Å²) in [7, 11) is 0. The van der Waals surface area contributed by atoms with Gasteiger partial charge in [0.15, 0.2) is 0 Å². The minimum atomic E-state index is -0.818. The zero-order valence-corrected chi connectivity index (χ0v) is 10.8. The van der Waals surface area contributed by atoms with Gasteiger partial charge in [-0.25, -0.2) is 0 Å². The highest BCUT2D eigenvalue weighted by atomic mass is 16.4. The van der Waals surface area contributed by atoms with Crippen molar-refractivity contribution < 1.29 is 9.90 Å². The molecule has 0 aliphatic rings. The van der Waals surface area contributed by atoms with Crippen molar-refractivity contribution in [1.82, 2.24) is 0 Å². The maximum Gasteiger partial charge on any atom is 0.307 e. The van der Waals surface area contributed by atoms with Crippen LogP contribution in [-0.4, -0.2) is 11.1 Å². The molecule has 2 rings (SSSR count). The van der Waals surface area contributed by atoms with Gasteiger partial charge in [0.1, 0.15) is 0 Å². The van der Waals surface area contributed by atoms with Crippen molar-refractivity contribution in [2.45, 2.75) is 13.3 Å². The van der Waals surface area contributed by atoms with Crippen molar-refractivity contribution in [2.75, 3.05) is 0 Å². The lowest BCUT2D eigenvalue weighted by atomic mass is 9.96. The molecule has 0 saturated heterocycles. The number of aliphatic carboxylic acids is 1. The molecule has 0 atom stereocenters. The number of carboxylic acid groups (broad SMARTS) is 1. The number of carboxylic acids is 1. The largest absolute Gasteiger partial charge is 0.481 e. The molecule has 19 heavy (non-hydrogen) atoms. The molecule has 0 heterocycles. The van der Waals surface area contributed by atoms with Crippen LogP contribution in [0, 0.1) is 6.92 Å². The van der Waals surface area contributed by atoms with Crippen molar-refractivity contribution >= 4 is 11.5 Å². The Labute approximate surface area is 113 Å². The van der Waals surface area contributed by atoms with Crippen molar-refractivity contribution in [3.8, 4) is 0 Å². The lowest BCUT2D eigenvalue weighted by Gasteiger charge is -2.09. The number of hydrogen-bond donors (Lipinski definition) is 1. The molecule has 2 aromatic carbocycles. The van der Waals surface area contributed by atoms with Gasteiger partial charge in [-0.15, -0.1) is 0 Å². The molecule has 0 radical (unpaired) electrons. The summed E-state index contributed by atoms with van der Waals surface area (Å²) in [6, 6.07) is 18.0. The number of carbonyl (C=O) groups is 1. The van der Waals surface area contributed by atoms with Crippen LogP contribution in [-0.2, 0) is 4.79 Å². The summed E-state index contributed by atoms with van der Waals surface area (Å²) in [6.45, 7) is 2.03. The molecule has 0 saturated carbocycles. The zero-order valence-electron chi connectivity index (χ0n) is 10.8. The standard InChI is InChI=1S/C17H16O2/c1-13-6-5-9-15(12-13)16(10-11-17(18)19)14-7-3-2-4-8-14/h2-10,12H,11H2,1H3,(H,18,19)/b16-10-. The third kappa shape index (κ3) is 3.55. The minimum Gasteiger partial charge on any atom is -0.481 e. The number of aryl methyl sites for hydroxylation is 1. The molecule has 0 aliphatic carbocycles. The molecule has 0 spiro atoms. The maximum atomic E-state index is 10.8. The molecule has 0 bridgehead atoms. The molecule has 0 fully saturated rings. The fraction of sp³-hybridized carbons (Fsp3) is 0.118. The first-order valence-electron chi connectivity index (χ1n) is 6.21. The summed E-state index contributed by atoms with van der Waals surface area (Å²) in [5, 5.41) is 8.87. The first-order chi connectivity index (χ1) is 9.16. The topological polar surface area (TPSA) is 37.3 Å². The summed E-state index contributed by atoms with van der Waals surface area (Å²) in [4.78, 5) is 10.8. The summed E-state index contributed by atoms with van der Waals surface area (Å²) >= 11 is 0. The molecular weight excluding hydrogens is 236 g/mol. The Morgan fingerprint density at radius 1 is 1.05 bits per heavy atom. The van der Waals surface area contributed by atoms with Gasteiger partial charge in [-0.2, -0.15) is 0 Å². The third-order valence-electron chi connectivity index (χ3n) is 2.89. The first-order valence-corrected chi connectivity index (χ1v) is 6.21. The second-order valence-electron chi connectivity index (χ2n) is 4.45. The van der Waals surface area contributed by atoms with Crippen LogP contribution in [0.5, 0.6) is 0 Å². The Morgan fingerprint density at radius 3 is 2.37 bits per heavy atom. The highest BCUT2D eigenvalue weighted by Gasteiger charge is 2.05. The van der Waals surface area contributed by atoms with Crippen molar-refractivity contribution in [3.63, 3.8) is 0 Å². The summed E-state index contributed by atoms with van der Waals surface area (Å²) in [5.74, 6) is -0.818. The predicted molar refractivity (Wildman–Crippen MR) is 77.0 cm³/mol. The fourth-order valence-electron chi connectivity index (χ4n) is 2.02. The number of hydrogen-bond acceptors (Lipinski definition) is 1. The summed E-state index contributed by atoms with van der Waals surface area (Å²) in [6.07, 6.45) is 1.80. The molecule has 2 aromatic rings. The summed E-state index contributed by atoms with van der Waals surface area (Å²) in [5.41, 5.74) is 4.21. The molecule has 2 heteroatoms. The lowest BCUT2D eigenvalue weighted by Crippen LogP contribution is -1.94. The van der Waals surface area contributed by atoms with E-state index in [1.165, 1.54) is 0 Å². The van der Waals surface area contributed by atoms with E-state index in [4.69, 9.17) is 5.11 Å². The fourth-order valence-corrected chi connectivity index (χ4v) is 2.02. The normalized spacial score (nSPS) is 11.3. The van der Waals surface area contributed by atoms with E-state index in [9.17, 15) is 4.79 Å². The number of rotatable bonds is 4. The van der Waals surface area contributed by atoms with Gasteiger partial charge in [0.25, 0.3) is 0 Å². The quantitative estimate of drug-likeness (QED) is 0.896. The van der Waals surface area contributed by atoms with Crippen molar-refractivity contribution in [2.24, 2.45) is 0 Å². The third-order valence-corrected chi connectivity index (χ3v) is 2.89. The second-order valence-corrected chi connectivity index (χ2v) is 4.45. The van der Waals surface area contributed by atoms with Crippen LogP contribution in [0.4, 0.5) is 0 Å². The Bertz CT molecular complexity index is 598. The Morgan fingerprint density at radius 2 is 1.74 bits per heavy atom. The van der Waals surface area contributed by atoms with Gasteiger partial charge in [-0.3, -0.25) is 4.79 Å². The van der Waals surface area contributed by atoms with E-state index in [-0.39, 0.29) is 6.42 Å². The Kier molecular flexibility index (Phi) is 4.14. The molecule has 0 unspecified atom stereocenters. The average molecular weight is 252 g/mol. The van der Waals surface area contributed by atoms with Gasteiger partial charge >= 0.3 is 5.97 Å². The smallest absolute Gasteiger partial charge is 0.307 e. The minimum absolute atomic E-state index is 0.0260. The van der Waals surface area contributed by atoms with Gasteiger partial charge in [0.05, 0.1) is 6.42 Å². The van der Waals surface area contributed by atoms with E-state index in [2.05, 4.69) is 6.07 Å². The zero-order chi connectivity index (χ0) is 13.7. The van der Waals surface area contributed by atoms with Gasteiger partial charge in [-0.1, -0.05) is 66.2 Å². The molecule has 96 valence electrons. The monoisotopic (exact) mass is 252 g/mol. The van der Waals surface area contributed by atoms with Crippen molar-refractivity contribution in [3.05, 3.63) is 77.4 Å². The molecule has 0 aliphatic heterocycles. The number of benzene rings is 2. The van der Waals surface area contributed by atoms with Crippen molar-refractivity contribution in [1.29, 1.82) is 0 Å². The van der Waals surface area contributed by atoms with E-state index in [0.717, 1.165) is 22.3 Å². The van der Waals surface area contributed by atoms with Crippen LogP contribution in [0.15, 0.2) is 60.7 Å². The molecule has 0 amide bonds. The van der Waals surface area contributed by atoms with Crippen LogP contribution in [0.25, 0.3) is 5.57 Å². The van der Waals surface area contributed by atoms with Gasteiger partial charge < -0.3 is 5.11 Å². The van der Waals surface area contributed by atoms with E-state index in [1.54, 1.807) is 6.08 Å². The molecule has 0 aromatic heterocycles. The molecule has 2 nitrogen and oxygen atoms in total. The average Bonchev–Trinajstić information content (AvgIpc) is 2.40. The lowest BCUT2D eigenvalue weighted by molar-refractivity contribution is -0.135. The van der Waals surface area contributed by atoms with Crippen LogP contribution >= 0.6 is 0 Å². The predicted octanol–water partition coefficient (Wildman–Crippen LogP) is 3.90. The maximum absolute atomic E-state index is 10.8. The van der Waals surface area contributed by atoms with E-state index in [0.29, 0.717) is 0 Å². The van der Waals surface area contributed by atoms with Crippen LogP contribution in [0.3, 0.4) is 0 Å². The van der Waals surface area contributed by atoms with Crippen LogP contribution in [0.1, 0.15) is 23.1 Å². The van der Waals surface area contributed by atoms with Gasteiger partial charge in [0, 0.05) is 0 Å². The Balaban J connectivity index is 2.46. The molecular formula is C17H16O2. The van der Waals surface area contributed by atoms with E-state index in [1.807, 2.05) is 55.5 Å². The SMILES string of the molecule is Cc1cccc(/C(=C\CC(=O)O)c2ccccc2)c1. The highest BCUT2D eigenvalue weighted by molar-refractivity contribution is 5.82.